The summed E-state index contributed by atoms with van der Waals surface area (Å²) in [7, 11) is 3.60. The second-order valence-electron chi connectivity index (χ2n) is 5.54. The van der Waals surface area contributed by atoms with Gasteiger partial charge in [0.15, 0.2) is 0 Å². The first-order chi connectivity index (χ1) is 11.2. The minimum absolute atomic E-state index is 0.106. The van der Waals surface area contributed by atoms with Crippen LogP contribution < -0.4 is 10.1 Å². The first kappa shape index (κ1) is 17.3. The summed E-state index contributed by atoms with van der Waals surface area (Å²) in [5, 5.41) is 12.5. The van der Waals surface area contributed by atoms with E-state index in [-0.39, 0.29) is 17.9 Å². The Morgan fingerprint density at radius 2 is 2.22 bits per heavy atom. The minimum atomic E-state index is -0.109. The molecule has 0 radical (unpaired) electrons. The Morgan fingerprint density at radius 1 is 1.39 bits per heavy atom. The largest absolute Gasteiger partial charge is 0.497 e. The molecule has 1 aromatic rings. The predicted octanol–water partition coefficient (Wildman–Crippen LogP) is 3.24. The molecule has 0 amide bonds. The molecule has 23 heavy (non-hydrogen) atoms. The number of methoxy groups -OCH3 is 1. The van der Waals surface area contributed by atoms with Crippen molar-refractivity contribution < 1.29 is 9.47 Å². The van der Waals surface area contributed by atoms with Crippen molar-refractivity contribution in [2.45, 2.75) is 13.0 Å². The van der Waals surface area contributed by atoms with E-state index >= 15 is 0 Å². The van der Waals surface area contributed by atoms with Crippen molar-refractivity contribution in [2.24, 2.45) is 11.8 Å². The molecule has 1 N–H and O–H groups in total. The van der Waals surface area contributed by atoms with Gasteiger partial charge in [0.05, 0.1) is 19.3 Å². The van der Waals surface area contributed by atoms with E-state index in [1.807, 2.05) is 44.3 Å². The Labute approximate surface area is 138 Å². The van der Waals surface area contributed by atoms with Crippen molar-refractivity contribution >= 4 is 0 Å². The van der Waals surface area contributed by atoms with Gasteiger partial charge in [0.25, 0.3) is 0 Å². The highest BCUT2D eigenvalue weighted by Crippen LogP contribution is 2.37. The van der Waals surface area contributed by atoms with Gasteiger partial charge in [-0.3, -0.25) is 0 Å². The fraction of sp³-hybridized carbons (Fsp3) is 0.421. The first-order valence-corrected chi connectivity index (χ1v) is 7.93. The Morgan fingerprint density at radius 3 is 2.87 bits per heavy atom. The molecule has 4 nitrogen and oxygen atoms in total. The van der Waals surface area contributed by atoms with Gasteiger partial charge in [0, 0.05) is 24.6 Å². The van der Waals surface area contributed by atoms with Crippen LogP contribution in [0.2, 0.25) is 0 Å². The smallest absolute Gasteiger partial charge is 0.119 e. The lowest BCUT2D eigenvalue weighted by molar-refractivity contribution is 0.0201. The highest BCUT2D eigenvalue weighted by Gasteiger charge is 2.30. The van der Waals surface area contributed by atoms with Crippen molar-refractivity contribution in [1.82, 2.24) is 5.32 Å². The maximum Gasteiger partial charge on any atom is 0.119 e. The molecule has 0 fully saturated rings. The molecule has 0 aliphatic heterocycles. The number of hydrogen-bond donors (Lipinski definition) is 1. The zero-order chi connectivity index (χ0) is 16.7. The van der Waals surface area contributed by atoms with E-state index in [2.05, 4.69) is 23.5 Å². The van der Waals surface area contributed by atoms with Gasteiger partial charge in [-0.1, -0.05) is 24.3 Å². The Kier molecular flexibility index (Phi) is 6.40. The lowest BCUT2D eigenvalue weighted by atomic mass is 9.79. The molecule has 0 spiro atoms. The molecule has 1 aliphatic carbocycles. The predicted molar refractivity (Wildman–Crippen MR) is 91.1 cm³/mol. The molecular weight excluding hydrogens is 288 g/mol. The molecule has 3 unspecified atom stereocenters. The number of benzene rings is 1. The Hall–Kier alpha value is -2.09. The van der Waals surface area contributed by atoms with Crippen LogP contribution in [0.1, 0.15) is 18.6 Å². The van der Waals surface area contributed by atoms with Crippen molar-refractivity contribution in [3.05, 3.63) is 53.6 Å². The molecule has 4 heteroatoms. The molecule has 3 atom stereocenters. The molecule has 0 saturated carbocycles. The SMILES string of the molecule is CCOC(c1cccc(OC)c1)C1C=C(C#N)C=CC1CNC. The van der Waals surface area contributed by atoms with E-state index < -0.39 is 0 Å². The average molecular weight is 312 g/mol. The zero-order valence-electron chi connectivity index (χ0n) is 14.0. The number of nitrogens with zero attached hydrogens (tertiary/aromatic N) is 1. The summed E-state index contributed by atoms with van der Waals surface area (Å²) in [6.07, 6.45) is 5.92. The third-order valence-corrected chi connectivity index (χ3v) is 4.08. The van der Waals surface area contributed by atoms with Crippen LogP contribution in [0.5, 0.6) is 5.75 Å². The summed E-state index contributed by atoms with van der Waals surface area (Å²) in [5.41, 5.74) is 1.76. The number of hydrogen-bond acceptors (Lipinski definition) is 4. The van der Waals surface area contributed by atoms with Gasteiger partial charge in [-0.05, 0) is 43.7 Å². The number of allylic oxidation sites excluding steroid dienone is 2. The third kappa shape index (κ3) is 4.22. The second-order valence-corrected chi connectivity index (χ2v) is 5.54. The van der Waals surface area contributed by atoms with Crippen LogP contribution in [0.25, 0.3) is 0 Å². The number of nitriles is 1. The monoisotopic (exact) mass is 312 g/mol. The highest BCUT2D eigenvalue weighted by atomic mass is 16.5. The standard InChI is InChI=1S/C19H24N2O2/c1-4-23-19(15-6-5-7-17(11-15)22-3)18-10-14(12-20)8-9-16(18)13-21-2/h5-11,16,18-19,21H,4,13H2,1-3H3. The maximum atomic E-state index is 9.24. The molecule has 0 aromatic heterocycles. The van der Waals surface area contributed by atoms with Gasteiger partial charge in [0.2, 0.25) is 0 Å². The van der Waals surface area contributed by atoms with Crippen LogP contribution in [0, 0.1) is 23.2 Å². The van der Waals surface area contributed by atoms with Gasteiger partial charge in [-0.15, -0.1) is 0 Å². The molecule has 2 rings (SSSR count). The van der Waals surface area contributed by atoms with Gasteiger partial charge in [-0.25, -0.2) is 0 Å². The Balaban J connectivity index is 2.38. The quantitative estimate of drug-likeness (QED) is 0.840. The lowest BCUT2D eigenvalue weighted by Crippen LogP contribution is -2.30. The van der Waals surface area contributed by atoms with Crippen molar-refractivity contribution in [2.75, 3.05) is 27.3 Å². The number of rotatable bonds is 7. The van der Waals surface area contributed by atoms with E-state index in [1.165, 1.54) is 0 Å². The van der Waals surface area contributed by atoms with Crippen molar-refractivity contribution in [3.63, 3.8) is 0 Å². The van der Waals surface area contributed by atoms with Crippen LogP contribution in [0.4, 0.5) is 0 Å². The maximum absolute atomic E-state index is 9.24. The second kappa shape index (κ2) is 8.52. The fourth-order valence-corrected chi connectivity index (χ4v) is 3.00. The highest BCUT2D eigenvalue weighted by molar-refractivity contribution is 5.39. The third-order valence-electron chi connectivity index (χ3n) is 4.08. The molecule has 0 bridgehead atoms. The topological polar surface area (TPSA) is 54.3 Å². The summed E-state index contributed by atoms with van der Waals surface area (Å²) in [4.78, 5) is 0. The van der Waals surface area contributed by atoms with Crippen LogP contribution in [0.3, 0.4) is 0 Å². The number of nitrogens with one attached hydrogen (secondary N) is 1. The van der Waals surface area contributed by atoms with E-state index in [0.29, 0.717) is 12.2 Å². The molecule has 1 aromatic carbocycles. The molecule has 0 saturated heterocycles. The van der Waals surface area contributed by atoms with Crippen LogP contribution in [-0.2, 0) is 4.74 Å². The Bertz CT molecular complexity index is 616. The molecule has 0 heterocycles. The summed E-state index contributed by atoms with van der Waals surface area (Å²) in [6.45, 7) is 3.45. The molecule has 122 valence electrons. The van der Waals surface area contributed by atoms with Crippen LogP contribution in [-0.4, -0.2) is 27.3 Å². The fourth-order valence-electron chi connectivity index (χ4n) is 3.00. The summed E-state index contributed by atoms with van der Waals surface area (Å²) >= 11 is 0. The van der Waals surface area contributed by atoms with E-state index in [9.17, 15) is 5.26 Å². The van der Waals surface area contributed by atoms with E-state index in [4.69, 9.17) is 9.47 Å². The van der Waals surface area contributed by atoms with E-state index in [1.54, 1.807) is 7.11 Å². The van der Waals surface area contributed by atoms with Crippen LogP contribution in [0.15, 0.2) is 48.1 Å². The first-order valence-electron chi connectivity index (χ1n) is 7.93. The zero-order valence-corrected chi connectivity index (χ0v) is 14.0. The van der Waals surface area contributed by atoms with Crippen molar-refractivity contribution in [3.8, 4) is 11.8 Å². The summed E-state index contributed by atoms with van der Waals surface area (Å²) < 4.78 is 11.4. The summed E-state index contributed by atoms with van der Waals surface area (Å²) in [5.74, 6) is 1.20. The normalized spacial score (nSPS) is 21.4. The van der Waals surface area contributed by atoms with Crippen molar-refractivity contribution in [1.29, 1.82) is 5.26 Å². The van der Waals surface area contributed by atoms with Crippen LogP contribution >= 0.6 is 0 Å². The minimum Gasteiger partial charge on any atom is -0.497 e. The van der Waals surface area contributed by atoms with E-state index in [0.717, 1.165) is 17.9 Å². The van der Waals surface area contributed by atoms with Gasteiger partial charge >= 0.3 is 0 Å². The molecular formula is C19H24N2O2. The van der Waals surface area contributed by atoms with Gasteiger partial charge in [0.1, 0.15) is 5.75 Å². The van der Waals surface area contributed by atoms with Gasteiger partial charge < -0.3 is 14.8 Å². The average Bonchev–Trinajstić information content (AvgIpc) is 2.60. The van der Waals surface area contributed by atoms with Gasteiger partial charge in [-0.2, -0.15) is 5.26 Å². The summed E-state index contributed by atoms with van der Waals surface area (Å²) in [6, 6.07) is 10.2. The molecule has 1 aliphatic rings. The number of ether oxygens (including phenoxy) is 2. The lowest BCUT2D eigenvalue weighted by Gasteiger charge is -2.32.